The number of nitrogens with zero attached hydrogens (tertiary/aromatic N) is 2. The summed E-state index contributed by atoms with van der Waals surface area (Å²) in [7, 11) is 0. The molecule has 21 heavy (non-hydrogen) atoms. The molecule has 2 rings (SSSR count). The highest BCUT2D eigenvalue weighted by Gasteiger charge is 2.46. The number of urea groups is 1. The smallest absolute Gasteiger partial charge is 0.325 e. The quantitative estimate of drug-likeness (QED) is 0.692. The van der Waals surface area contributed by atoms with Gasteiger partial charge < -0.3 is 14.9 Å². The molecule has 2 N–H and O–H groups in total. The molecule has 2 saturated heterocycles. The van der Waals surface area contributed by atoms with Crippen molar-refractivity contribution in [3.63, 3.8) is 0 Å². The van der Waals surface area contributed by atoms with Crippen LogP contribution in [0.25, 0.3) is 0 Å². The topological polar surface area (TPSA) is 107 Å². The predicted molar refractivity (Wildman–Crippen MR) is 71.3 cm³/mol. The lowest BCUT2D eigenvalue weighted by atomic mass is 9.98. The average Bonchev–Trinajstić information content (AvgIpc) is 2.61. The predicted octanol–water partition coefficient (Wildman–Crippen LogP) is -0.360. The van der Waals surface area contributed by atoms with Crippen LogP contribution in [0.2, 0.25) is 0 Å². The molecule has 0 spiro atoms. The number of imide groups is 1. The number of nitrogens with one attached hydrogen (secondary N) is 1. The molecule has 0 unspecified atom stereocenters. The largest absolute Gasteiger partial charge is 0.481 e. The van der Waals surface area contributed by atoms with Crippen LogP contribution in [0.15, 0.2) is 0 Å². The van der Waals surface area contributed by atoms with E-state index < -0.39 is 29.4 Å². The second kappa shape index (κ2) is 5.34. The van der Waals surface area contributed by atoms with E-state index in [0.717, 1.165) is 0 Å². The molecule has 2 aliphatic rings. The van der Waals surface area contributed by atoms with E-state index in [-0.39, 0.29) is 19.0 Å². The van der Waals surface area contributed by atoms with Gasteiger partial charge in [-0.1, -0.05) is 0 Å². The fraction of sp³-hybridized carbons (Fsp3) is 0.692. The molecule has 0 bridgehead atoms. The zero-order valence-electron chi connectivity index (χ0n) is 12.1. The second-order valence-electron chi connectivity index (χ2n) is 5.92. The van der Waals surface area contributed by atoms with Crippen LogP contribution in [0.4, 0.5) is 4.79 Å². The van der Waals surface area contributed by atoms with Crippen molar-refractivity contribution < 1.29 is 24.3 Å². The van der Waals surface area contributed by atoms with Gasteiger partial charge in [-0.2, -0.15) is 0 Å². The van der Waals surface area contributed by atoms with Gasteiger partial charge in [0.25, 0.3) is 5.91 Å². The van der Waals surface area contributed by atoms with Crippen LogP contribution in [0.3, 0.4) is 0 Å². The van der Waals surface area contributed by atoms with Gasteiger partial charge in [0.1, 0.15) is 12.1 Å². The molecular formula is C13H19N3O5. The number of carboxylic acid groups (broad SMARTS) is 1. The van der Waals surface area contributed by atoms with Gasteiger partial charge in [-0.25, -0.2) is 4.79 Å². The Labute approximate surface area is 122 Å². The highest BCUT2D eigenvalue weighted by atomic mass is 16.4. The number of carbonyl (C=O) groups excluding carboxylic acids is 3. The first-order chi connectivity index (χ1) is 9.73. The molecule has 2 aliphatic heterocycles. The molecule has 116 valence electrons. The molecule has 0 aromatic carbocycles. The third-order valence-corrected chi connectivity index (χ3v) is 4.11. The van der Waals surface area contributed by atoms with Crippen molar-refractivity contribution in [1.82, 2.24) is 15.1 Å². The summed E-state index contributed by atoms with van der Waals surface area (Å²) in [6, 6.07) is -0.592. The average molecular weight is 297 g/mol. The monoisotopic (exact) mass is 297 g/mol. The summed E-state index contributed by atoms with van der Waals surface area (Å²) in [6.07, 6.45) is 1.17. The van der Waals surface area contributed by atoms with Gasteiger partial charge in [0, 0.05) is 13.1 Å². The Morgan fingerprint density at radius 2 is 2.05 bits per heavy atom. The van der Waals surface area contributed by atoms with E-state index in [9.17, 15) is 19.2 Å². The maximum absolute atomic E-state index is 12.3. The minimum Gasteiger partial charge on any atom is -0.481 e. The van der Waals surface area contributed by atoms with Crippen LogP contribution in [0, 0.1) is 5.92 Å². The molecule has 0 saturated carbocycles. The number of hydrogen-bond acceptors (Lipinski definition) is 4. The number of carbonyl (C=O) groups is 4. The molecule has 0 aromatic heterocycles. The third-order valence-electron chi connectivity index (χ3n) is 4.11. The van der Waals surface area contributed by atoms with E-state index in [0.29, 0.717) is 19.4 Å². The number of likely N-dealkylation sites (tertiary alicyclic amines) is 1. The Morgan fingerprint density at radius 1 is 1.38 bits per heavy atom. The SMILES string of the molecule is CC1(C)C(=O)NC(=O)N1CC(=O)N1CCC[C@H](C(=O)O)C1. The summed E-state index contributed by atoms with van der Waals surface area (Å²) in [6.45, 7) is 3.54. The van der Waals surface area contributed by atoms with Gasteiger partial charge in [-0.15, -0.1) is 0 Å². The first kappa shape index (κ1) is 15.3. The van der Waals surface area contributed by atoms with Gasteiger partial charge >= 0.3 is 12.0 Å². The lowest BCUT2D eigenvalue weighted by Crippen LogP contribution is -2.51. The highest BCUT2D eigenvalue weighted by molar-refractivity contribution is 6.07. The number of hydrogen-bond donors (Lipinski definition) is 2. The van der Waals surface area contributed by atoms with Crippen LogP contribution in [-0.4, -0.2) is 63.9 Å². The molecule has 0 aromatic rings. The third kappa shape index (κ3) is 2.84. The van der Waals surface area contributed by atoms with E-state index in [1.54, 1.807) is 13.8 Å². The molecule has 0 radical (unpaired) electrons. The molecule has 8 nitrogen and oxygen atoms in total. The number of piperidine rings is 1. The summed E-state index contributed by atoms with van der Waals surface area (Å²) in [5, 5.41) is 11.2. The van der Waals surface area contributed by atoms with Crippen LogP contribution in [-0.2, 0) is 14.4 Å². The molecule has 8 heteroatoms. The number of carboxylic acids is 1. The van der Waals surface area contributed by atoms with Gasteiger partial charge in [0.2, 0.25) is 5.91 Å². The Balaban J connectivity index is 2.03. The summed E-state index contributed by atoms with van der Waals surface area (Å²) < 4.78 is 0. The summed E-state index contributed by atoms with van der Waals surface area (Å²) in [4.78, 5) is 49.3. The Kier molecular flexibility index (Phi) is 3.89. The fourth-order valence-electron chi connectivity index (χ4n) is 2.60. The van der Waals surface area contributed by atoms with E-state index in [1.165, 1.54) is 9.80 Å². The minimum absolute atomic E-state index is 0.151. The number of amides is 4. The second-order valence-corrected chi connectivity index (χ2v) is 5.92. The van der Waals surface area contributed by atoms with Crippen LogP contribution < -0.4 is 5.32 Å². The normalized spacial score (nSPS) is 25.0. The lowest BCUT2D eigenvalue weighted by molar-refractivity contribution is -0.146. The molecule has 4 amide bonds. The van der Waals surface area contributed by atoms with Gasteiger partial charge in [-0.3, -0.25) is 19.7 Å². The molecule has 1 atom stereocenters. The Bertz CT molecular complexity index is 502. The van der Waals surface area contributed by atoms with Crippen molar-refractivity contribution in [2.24, 2.45) is 5.92 Å². The van der Waals surface area contributed by atoms with Gasteiger partial charge in [-0.05, 0) is 26.7 Å². The first-order valence-corrected chi connectivity index (χ1v) is 6.87. The maximum Gasteiger partial charge on any atom is 0.325 e. The number of aliphatic carboxylic acids is 1. The summed E-state index contributed by atoms with van der Waals surface area (Å²) >= 11 is 0. The fourth-order valence-corrected chi connectivity index (χ4v) is 2.60. The van der Waals surface area contributed by atoms with E-state index in [1.807, 2.05) is 0 Å². The van der Waals surface area contributed by atoms with Crippen molar-refractivity contribution in [3.8, 4) is 0 Å². The highest BCUT2D eigenvalue weighted by Crippen LogP contribution is 2.22. The molecule has 0 aliphatic carbocycles. The maximum atomic E-state index is 12.3. The van der Waals surface area contributed by atoms with Crippen molar-refractivity contribution >= 4 is 23.8 Å². The van der Waals surface area contributed by atoms with E-state index in [2.05, 4.69) is 5.32 Å². The number of rotatable bonds is 3. The van der Waals surface area contributed by atoms with Gasteiger partial charge in [0.15, 0.2) is 0 Å². The first-order valence-electron chi connectivity index (χ1n) is 6.87. The van der Waals surface area contributed by atoms with E-state index >= 15 is 0 Å². The summed E-state index contributed by atoms with van der Waals surface area (Å²) in [5.41, 5.74) is -1.07. The molecule has 2 heterocycles. The van der Waals surface area contributed by atoms with Crippen molar-refractivity contribution in [3.05, 3.63) is 0 Å². The van der Waals surface area contributed by atoms with Crippen LogP contribution >= 0.6 is 0 Å². The summed E-state index contributed by atoms with van der Waals surface area (Å²) in [5.74, 6) is -2.26. The van der Waals surface area contributed by atoms with Crippen LogP contribution in [0.5, 0.6) is 0 Å². The van der Waals surface area contributed by atoms with E-state index in [4.69, 9.17) is 5.11 Å². The standard InChI is InChI=1S/C13H19N3O5/c1-13(2)11(20)14-12(21)16(13)7-9(17)15-5-3-4-8(6-15)10(18)19/h8H,3-7H2,1-2H3,(H,18,19)(H,14,20,21)/t8-/m0/s1. The zero-order valence-corrected chi connectivity index (χ0v) is 12.1. The zero-order chi connectivity index (χ0) is 15.8. The van der Waals surface area contributed by atoms with Crippen molar-refractivity contribution in [2.45, 2.75) is 32.2 Å². The van der Waals surface area contributed by atoms with Gasteiger partial charge in [0.05, 0.1) is 5.92 Å². The van der Waals surface area contributed by atoms with Crippen molar-refractivity contribution in [2.75, 3.05) is 19.6 Å². The Hall–Kier alpha value is -2.12. The lowest BCUT2D eigenvalue weighted by Gasteiger charge is -2.34. The minimum atomic E-state index is -1.07. The molecule has 2 fully saturated rings. The van der Waals surface area contributed by atoms with Crippen molar-refractivity contribution in [1.29, 1.82) is 0 Å². The van der Waals surface area contributed by atoms with Crippen LogP contribution in [0.1, 0.15) is 26.7 Å². The Morgan fingerprint density at radius 3 is 2.57 bits per heavy atom. The molecular weight excluding hydrogens is 278 g/mol.